The molecule has 1 fully saturated rings. The lowest BCUT2D eigenvalue weighted by Gasteiger charge is -2.26. The molecule has 0 spiro atoms. The summed E-state index contributed by atoms with van der Waals surface area (Å²) in [6.07, 6.45) is 5.38. The average Bonchev–Trinajstić information content (AvgIpc) is 3.52. The first-order valence-corrected chi connectivity index (χ1v) is 10.5. The van der Waals surface area contributed by atoms with Gasteiger partial charge < -0.3 is 14.3 Å². The van der Waals surface area contributed by atoms with Gasteiger partial charge in [0.25, 0.3) is 0 Å². The van der Waals surface area contributed by atoms with Gasteiger partial charge in [-0.3, -0.25) is 4.79 Å². The third-order valence-electron chi connectivity index (χ3n) is 6.17. The quantitative estimate of drug-likeness (QED) is 0.524. The highest BCUT2D eigenvalue weighted by Crippen LogP contribution is 2.26. The largest absolute Gasteiger partial charge is 0.357 e. The number of anilines is 1. The van der Waals surface area contributed by atoms with Crippen molar-refractivity contribution >= 4 is 28.3 Å². The first-order chi connectivity index (χ1) is 14.8. The van der Waals surface area contributed by atoms with Gasteiger partial charge in [0.05, 0.1) is 18.7 Å². The van der Waals surface area contributed by atoms with Crippen LogP contribution in [0.2, 0.25) is 0 Å². The molecule has 1 aromatic carbocycles. The zero-order valence-corrected chi connectivity index (χ0v) is 16.6. The Morgan fingerprint density at radius 2 is 1.97 bits per heavy atom. The Balaban J connectivity index is 1.27. The van der Waals surface area contributed by atoms with Crippen LogP contribution >= 0.6 is 0 Å². The van der Waals surface area contributed by atoms with E-state index in [0.29, 0.717) is 24.4 Å². The number of amides is 1. The number of fused-ring (bicyclic) bond motifs is 4. The number of carbonyl (C=O) groups is 1. The molecule has 30 heavy (non-hydrogen) atoms. The zero-order chi connectivity index (χ0) is 20.1. The summed E-state index contributed by atoms with van der Waals surface area (Å²) in [4.78, 5) is 22.2. The summed E-state index contributed by atoms with van der Waals surface area (Å²) in [6.45, 7) is 3.29. The van der Waals surface area contributed by atoms with E-state index in [0.717, 1.165) is 47.6 Å². The highest BCUT2D eigenvalue weighted by atomic mass is 16.5. The van der Waals surface area contributed by atoms with Crippen LogP contribution in [0.4, 0.5) is 5.82 Å². The molecule has 0 bridgehead atoms. The van der Waals surface area contributed by atoms with Gasteiger partial charge in [-0.1, -0.05) is 17.3 Å². The molecule has 2 aliphatic heterocycles. The minimum atomic E-state index is 0.0507. The van der Waals surface area contributed by atoms with Crippen molar-refractivity contribution in [2.24, 2.45) is 0 Å². The van der Waals surface area contributed by atoms with Crippen LogP contribution in [0.25, 0.3) is 16.6 Å². The lowest BCUT2D eigenvalue weighted by Crippen LogP contribution is -2.36. The molecule has 8 nitrogen and oxygen atoms in total. The van der Waals surface area contributed by atoms with Gasteiger partial charge in [0.2, 0.25) is 5.91 Å². The Bertz CT molecular complexity index is 1250. The van der Waals surface area contributed by atoms with E-state index >= 15 is 0 Å². The van der Waals surface area contributed by atoms with Crippen molar-refractivity contribution in [2.45, 2.75) is 32.2 Å². The third-order valence-corrected chi connectivity index (χ3v) is 6.17. The molecule has 2 aliphatic rings. The molecule has 4 aromatic rings. The fourth-order valence-electron chi connectivity index (χ4n) is 4.54. The summed E-state index contributed by atoms with van der Waals surface area (Å²) < 4.78 is 7.20. The molecule has 5 heterocycles. The molecule has 0 N–H and O–H groups in total. The Kier molecular flexibility index (Phi) is 3.97. The van der Waals surface area contributed by atoms with E-state index in [9.17, 15) is 4.79 Å². The number of nitrogens with zero attached hydrogens (tertiary/aromatic N) is 6. The van der Waals surface area contributed by atoms with Crippen molar-refractivity contribution in [1.82, 2.24) is 24.7 Å². The summed E-state index contributed by atoms with van der Waals surface area (Å²) in [5.74, 6) is 1.05. The molecule has 8 heteroatoms. The van der Waals surface area contributed by atoms with E-state index in [-0.39, 0.29) is 12.3 Å². The fourth-order valence-corrected chi connectivity index (χ4v) is 4.54. The smallest absolute Gasteiger partial charge is 0.229 e. The summed E-state index contributed by atoms with van der Waals surface area (Å²) in [7, 11) is 0. The predicted molar refractivity (Wildman–Crippen MR) is 111 cm³/mol. The minimum absolute atomic E-state index is 0.0507. The second-order valence-electron chi connectivity index (χ2n) is 8.04. The maximum Gasteiger partial charge on any atom is 0.229 e. The van der Waals surface area contributed by atoms with Crippen molar-refractivity contribution in [1.29, 1.82) is 0 Å². The zero-order valence-electron chi connectivity index (χ0n) is 16.6. The Hall–Kier alpha value is -3.42. The highest BCUT2D eigenvalue weighted by molar-refractivity contribution is 5.86. The van der Waals surface area contributed by atoms with Gasteiger partial charge in [0.15, 0.2) is 11.2 Å². The molecule has 0 saturated carbocycles. The number of para-hydroxylation sites is 1. The second-order valence-corrected chi connectivity index (χ2v) is 8.04. The molecule has 0 unspecified atom stereocenters. The molecular weight excluding hydrogens is 380 g/mol. The van der Waals surface area contributed by atoms with E-state index in [1.165, 1.54) is 12.8 Å². The summed E-state index contributed by atoms with van der Waals surface area (Å²) in [5, 5.41) is 9.71. The SMILES string of the molecule is O=C(Cc1noc2ccccc12)N1CCc2nn3ccc(N4CCCC4)nc3c2C1. The number of hydrogen-bond donors (Lipinski definition) is 0. The number of carbonyl (C=O) groups excluding carboxylic acids is 1. The number of rotatable bonds is 3. The van der Waals surface area contributed by atoms with Crippen LogP contribution < -0.4 is 4.90 Å². The van der Waals surface area contributed by atoms with Crippen LogP contribution in [0.3, 0.4) is 0 Å². The lowest BCUT2D eigenvalue weighted by molar-refractivity contribution is -0.131. The Morgan fingerprint density at radius 3 is 2.87 bits per heavy atom. The maximum absolute atomic E-state index is 13.0. The van der Waals surface area contributed by atoms with Crippen LogP contribution in [-0.2, 0) is 24.2 Å². The van der Waals surface area contributed by atoms with E-state index in [4.69, 9.17) is 14.6 Å². The number of benzene rings is 1. The van der Waals surface area contributed by atoms with Crippen LogP contribution in [0.5, 0.6) is 0 Å². The minimum Gasteiger partial charge on any atom is -0.357 e. The predicted octanol–water partition coefficient (Wildman–Crippen LogP) is 2.60. The van der Waals surface area contributed by atoms with Crippen LogP contribution in [0.15, 0.2) is 41.1 Å². The van der Waals surface area contributed by atoms with Gasteiger partial charge >= 0.3 is 0 Å². The lowest BCUT2D eigenvalue weighted by atomic mass is 10.1. The van der Waals surface area contributed by atoms with Crippen molar-refractivity contribution < 1.29 is 9.32 Å². The van der Waals surface area contributed by atoms with Crippen molar-refractivity contribution in [2.75, 3.05) is 24.5 Å². The van der Waals surface area contributed by atoms with E-state index < -0.39 is 0 Å². The Morgan fingerprint density at radius 1 is 1.10 bits per heavy atom. The van der Waals surface area contributed by atoms with Gasteiger partial charge in [-0.15, -0.1) is 0 Å². The van der Waals surface area contributed by atoms with E-state index in [1.807, 2.05) is 45.9 Å². The molecule has 1 saturated heterocycles. The highest BCUT2D eigenvalue weighted by Gasteiger charge is 2.27. The monoisotopic (exact) mass is 402 g/mol. The fraction of sp³-hybridized carbons (Fsp3) is 0.364. The topological polar surface area (TPSA) is 79.8 Å². The summed E-state index contributed by atoms with van der Waals surface area (Å²) >= 11 is 0. The molecular formula is C22H22N6O2. The van der Waals surface area contributed by atoms with E-state index in [2.05, 4.69) is 10.1 Å². The standard InChI is InChI=1S/C22H22N6O2/c29-21(13-18-15-5-1-2-6-19(15)30-25-18)27-11-7-17-16(14-27)22-23-20(8-12-28(22)24-17)26-9-3-4-10-26/h1-2,5-6,8,12H,3-4,7,9-11,13-14H2. The Labute approximate surface area is 173 Å². The van der Waals surface area contributed by atoms with Gasteiger partial charge in [-0.25, -0.2) is 9.50 Å². The molecule has 1 amide bonds. The second kappa shape index (κ2) is 6.83. The maximum atomic E-state index is 13.0. The van der Waals surface area contributed by atoms with Gasteiger partial charge in [0, 0.05) is 43.2 Å². The number of hydrogen-bond acceptors (Lipinski definition) is 6. The molecule has 0 atom stereocenters. The van der Waals surface area contributed by atoms with Crippen molar-refractivity contribution in [3.8, 4) is 0 Å². The summed E-state index contributed by atoms with van der Waals surface area (Å²) in [6, 6.07) is 9.68. The van der Waals surface area contributed by atoms with E-state index in [1.54, 1.807) is 0 Å². The molecule has 0 radical (unpaired) electrons. The molecule has 3 aromatic heterocycles. The van der Waals surface area contributed by atoms with Gasteiger partial charge in [-0.2, -0.15) is 5.10 Å². The average molecular weight is 402 g/mol. The third kappa shape index (κ3) is 2.82. The van der Waals surface area contributed by atoms with Gasteiger partial charge in [0.1, 0.15) is 11.5 Å². The summed E-state index contributed by atoms with van der Waals surface area (Å²) in [5.41, 5.74) is 4.36. The van der Waals surface area contributed by atoms with Crippen LogP contribution in [-0.4, -0.2) is 50.2 Å². The first-order valence-electron chi connectivity index (χ1n) is 10.5. The van der Waals surface area contributed by atoms with Gasteiger partial charge in [-0.05, 0) is 31.0 Å². The van der Waals surface area contributed by atoms with Crippen molar-refractivity contribution in [3.05, 3.63) is 53.5 Å². The van der Waals surface area contributed by atoms with Crippen LogP contribution in [0, 0.1) is 0 Å². The normalized spacial score (nSPS) is 16.5. The molecule has 152 valence electrons. The molecule has 6 rings (SSSR count). The van der Waals surface area contributed by atoms with Crippen molar-refractivity contribution in [3.63, 3.8) is 0 Å². The number of aromatic nitrogens is 4. The van der Waals surface area contributed by atoms with Crippen LogP contribution in [0.1, 0.15) is 29.8 Å². The first kappa shape index (κ1) is 17.4. The molecule has 0 aliphatic carbocycles.